The molecule has 3 heterocycles. The van der Waals surface area contributed by atoms with Crippen molar-refractivity contribution in [2.75, 3.05) is 0 Å². The topological polar surface area (TPSA) is 29.9 Å². The van der Waals surface area contributed by atoms with Crippen LogP contribution in [0.3, 0.4) is 0 Å². The maximum atomic E-state index is 7.62. The first-order valence-corrected chi connectivity index (χ1v) is 8.55. The van der Waals surface area contributed by atoms with E-state index >= 15 is 0 Å². The van der Waals surface area contributed by atoms with Crippen molar-refractivity contribution >= 4 is 33.1 Å². The summed E-state index contributed by atoms with van der Waals surface area (Å²) in [4.78, 5) is 4.67. The molecule has 0 bridgehead atoms. The first-order valence-electron chi connectivity index (χ1n) is 10.1. The van der Waals surface area contributed by atoms with Gasteiger partial charge in [-0.1, -0.05) is 35.9 Å². The fraction of sp³-hybridized carbons (Fsp3) is 0.130. The zero-order valence-corrected chi connectivity index (χ0v) is 14.6. The number of fused-ring (bicyclic) bond motifs is 4. The van der Waals surface area contributed by atoms with Gasteiger partial charge in [0.15, 0.2) is 0 Å². The first kappa shape index (κ1) is 12.2. The minimum atomic E-state index is -2.11. The minimum absolute atomic E-state index is 0.349. The Bertz CT molecular complexity index is 1420. The van der Waals surface area contributed by atoms with E-state index in [1.165, 1.54) is 0 Å². The Labute approximate surface area is 155 Å². The number of aryl methyl sites for hydroxylation is 3. The minimum Gasteiger partial charge on any atom is -0.385 e. The standard InChI is InChI=1S/C23H19N2O/c1-14-8-9-17(15(2)12-14)21-11-10-18-19-13-16-6-4-5-7-20(16)24-22(19)26-23(18)25(21)3/h4-13H,1-3H3/q+1/i1D3. The van der Waals surface area contributed by atoms with E-state index < -0.39 is 6.85 Å². The van der Waals surface area contributed by atoms with E-state index in [1.54, 1.807) is 12.1 Å². The van der Waals surface area contributed by atoms with Crippen molar-refractivity contribution < 1.29 is 13.1 Å². The van der Waals surface area contributed by atoms with Crippen LogP contribution in [0, 0.1) is 13.8 Å². The van der Waals surface area contributed by atoms with Crippen LogP contribution in [0.2, 0.25) is 0 Å². The molecule has 3 aromatic heterocycles. The molecule has 0 aliphatic rings. The SMILES string of the molecule is [2H]C([2H])([2H])c1ccc(-c2ccc3c4cc5ccccc5nc4oc3[n+]2C)c(C)c1. The molecule has 0 N–H and O–H groups in total. The van der Waals surface area contributed by atoms with Gasteiger partial charge in [-0.3, -0.25) is 0 Å². The van der Waals surface area contributed by atoms with Crippen LogP contribution < -0.4 is 4.57 Å². The van der Waals surface area contributed by atoms with Gasteiger partial charge in [0.05, 0.1) is 10.9 Å². The Kier molecular flexibility index (Phi) is 2.53. The lowest BCUT2D eigenvalue weighted by molar-refractivity contribution is -0.640. The van der Waals surface area contributed by atoms with Gasteiger partial charge >= 0.3 is 5.71 Å². The van der Waals surface area contributed by atoms with E-state index in [0.717, 1.165) is 44.2 Å². The predicted molar refractivity (Wildman–Crippen MR) is 105 cm³/mol. The number of para-hydroxylation sites is 1. The van der Waals surface area contributed by atoms with Gasteiger partial charge in [-0.25, -0.2) is 4.98 Å². The largest absolute Gasteiger partial charge is 0.385 e. The van der Waals surface area contributed by atoms with E-state index in [1.807, 2.05) is 61.0 Å². The molecule has 0 unspecified atom stereocenters. The zero-order chi connectivity index (χ0) is 20.3. The van der Waals surface area contributed by atoms with E-state index in [-0.39, 0.29) is 0 Å². The summed E-state index contributed by atoms with van der Waals surface area (Å²) in [5.41, 5.74) is 5.44. The number of benzene rings is 2. The highest BCUT2D eigenvalue weighted by molar-refractivity contribution is 6.05. The smallest absolute Gasteiger partial charge is 0.383 e. The molecule has 0 spiro atoms. The summed E-state index contributed by atoms with van der Waals surface area (Å²) in [6, 6.07) is 19.5. The zero-order valence-electron chi connectivity index (χ0n) is 17.6. The lowest BCUT2D eigenvalue weighted by atomic mass is 10.0. The molecular weight excluding hydrogens is 320 g/mol. The van der Waals surface area contributed by atoms with Gasteiger partial charge in [0, 0.05) is 21.1 Å². The second-order valence-corrected chi connectivity index (χ2v) is 6.66. The molecule has 3 heteroatoms. The van der Waals surface area contributed by atoms with Gasteiger partial charge in [0.25, 0.3) is 0 Å². The fourth-order valence-corrected chi connectivity index (χ4v) is 3.65. The molecule has 0 aliphatic carbocycles. The molecule has 0 atom stereocenters. The van der Waals surface area contributed by atoms with Crippen LogP contribution in [-0.2, 0) is 7.05 Å². The van der Waals surface area contributed by atoms with Crippen LogP contribution in [0.1, 0.15) is 15.2 Å². The number of aromatic nitrogens is 2. The van der Waals surface area contributed by atoms with Crippen molar-refractivity contribution in [3.63, 3.8) is 0 Å². The van der Waals surface area contributed by atoms with E-state index in [9.17, 15) is 0 Å². The predicted octanol–water partition coefficient (Wildman–Crippen LogP) is 5.24. The van der Waals surface area contributed by atoms with Crippen molar-refractivity contribution in [1.29, 1.82) is 0 Å². The Balaban J connectivity index is 1.73. The first-order chi connectivity index (χ1) is 13.8. The highest BCUT2D eigenvalue weighted by atomic mass is 16.3. The van der Waals surface area contributed by atoms with Crippen LogP contribution in [0.4, 0.5) is 0 Å². The Morgan fingerprint density at radius 1 is 1.00 bits per heavy atom. The van der Waals surface area contributed by atoms with Gasteiger partial charge in [0.1, 0.15) is 12.4 Å². The normalized spacial score (nSPS) is 13.8. The fourth-order valence-electron chi connectivity index (χ4n) is 3.65. The molecule has 0 saturated heterocycles. The van der Waals surface area contributed by atoms with Crippen molar-refractivity contribution in [1.82, 2.24) is 4.98 Å². The quantitative estimate of drug-likeness (QED) is 0.390. The Morgan fingerprint density at radius 2 is 1.88 bits per heavy atom. The monoisotopic (exact) mass is 342 g/mol. The number of rotatable bonds is 1. The van der Waals surface area contributed by atoms with Gasteiger partial charge in [-0.2, -0.15) is 4.57 Å². The highest BCUT2D eigenvalue weighted by Gasteiger charge is 2.21. The molecule has 0 aliphatic heterocycles. The van der Waals surface area contributed by atoms with E-state index in [4.69, 9.17) is 8.53 Å². The molecule has 2 aromatic carbocycles. The summed E-state index contributed by atoms with van der Waals surface area (Å²) in [5, 5.41) is 3.06. The van der Waals surface area contributed by atoms with Gasteiger partial charge in [0.2, 0.25) is 11.4 Å². The van der Waals surface area contributed by atoms with E-state index in [2.05, 4.69) is 11.1 Å². The summed E-state index contributed by atoms with van der Waals surface area (Å²) in [6.07, 6.45) is 0. The maximum absolute atomic E-state index is 7.62. The number of furan rings is 1. The maximum Gasteiger partial charge on any atom is 0.383 e. The molecule has 0 fully saturated rings. The summed E-state index contributed by atoms with van der Waals surface area (Å²) >= 11 is 0. The van der Waals surface area contributed by atoms with Crippen LogP contribution in [0.25, 0.3) is 44.4 Å². The summed E-state index contributed by atoms with van der Waals surface area (Å²) in [6.45, 7) is -0.177. The molecule has 126 valence electrons. The third-order valence-electron chi connectivity index (χ3n) is 4.98. The average molecular weight is 342 g/mol. The highest BCUT2D eigenvalue weighted by Crippen LogP contribution is 2.30. The van der Waals surface area contributed by atoms with Gasteiger partial charge in [-0.05, 0) is 43.6 Å². The molecule has 0 saturated carbocycles. The van der Waals surface area contributed by atoms with Crippen LogP contribution >= 0.6 is 0 Å². The molecule has 3 nitrogen and oxygen atoms in total. The van der Waals surface area contributed by atoms with Crippen molar-refractivity contribution in [3.05, 3.63) is 71.8 Å². The molecule has 5 rings (SSSR count). The van der Waals surface area contributed by atoms with Crippen molar-refractivity contribution in [2.24, 2.45) is 7.05 Å². The van der Waals surface area contributed by atoms with Gasteiger partial charge in [-0.15, -0.1) is 0 Å². The Morgan fingerprint density at radius 3 is 2.73 bits per heavy atom. The summed E-state index contributed by atoms with van der Waals surface area (Å²) < 4.78 is 31.0. The molecule has 26 heavy (non-hydrogen) atoms. The molecule has 5 aromatic rings. The number of nitrogens with zero attached hydrogens (tertiary/aromatic N) is 2. The van der Waals surface area contributed by atoms with Crippen molar-refractivity contribution in [3.8, 4) is 11.3 Å². The van der Waals surface area contributed by atoms with Crippen molar-refractivity contribution in [2.45, 2.75) is 13.8 Å². The lowest BCUT2D eigenvalue weighted by Gasteiger charge is -2.05. The summed E-state index contributed by atoms with van der Waals surface area (Å²) in [5.74, 6) is 0. The van der Waals surface area contributed by atoms with Gasteiger partial charge < -0.3 is 4.42 Å². The number of pyridine rings is 2. The van der Waals surface area contributed by atoms with Crippen LogP contribution in [0.5, 0.6) is 0 Å². The van der Waals surface area contributed by atoms with Crippen LogP contribution in [0.15, 0.2) is 65.1 Å². The molecule has 0 amide bonds. The summed E-state index contributed by atoms with van der Waals surface area (Å²) in [7, 11) is 1.96. The third-order valence-corrected chi connectivity index (χ3v) is 4.98. The number of hydrogen-bond donors (Lipinski definition) is 0. The molecular formula is C23H19N2O+. The second kappa shape index (κ2) is 5.40. The lowest BCUT2D eigenvalue weighted by Crippen LogP contribution is -2.31. The second-order valence-electron chi connectivity index (χ2n) is 6.66. The number of hydrogen-bond acceptors (Lipinski definition) is 2. The Hall–Kier alpha value is -3.20. The van der Waals surface area contributed by atoms with E-state index in [0.29, 0.717) is 11.3 Å². The average Bonchev–Trinajstić information content (AvgIpc) is 3.04. The molecule has 0 radical (unpaired) electrons. The van der Waals surface area contributed by atoms with Crippen LogP contribution in [-0.4, -0.2) is 4.98 Å². The third kappa shape index (κ3) is 2.14.